The van der Waals surface area contributed by atoms with Crippen LogP contribution in [0.4, 0.5) is 13.2 Å². The molecule has 132 valence electrons. The molecule has 0 atom stereocenters. The van der Waals surface area contributed by atoms with Crippen LogP contribution in [0.2, 0.25) is 0 Å². The number of carbonyl (C=O) groups excluding carboxylic acids is 1. The number of nitrogens with zero attached hydrogens (tertiary/aromatic N) is 1. The lowest BCUT2D eigenvalue weighted by atomic mass is 9.78. The van der Waals surface area contributed by atoms with E-state index in [9.17, 15) is 18.0 Å². The van der Waals surface area contributed by atoms with Crippen molar-refractivity contribution in [1.82, 2.24) is 10.2 Å². The molecular weight excluding hydrogens is 321 g/mol. The Hall–Kier alpha value is -1.76. The number of nitrogens with one attached hydrogen (secondary N) is 1. The van der Waals surface area contributed by atoms with Crippen LogP contribution in [0.5, 0.6) is 5.75 Å². The number of hydrogen-bond acceptors (Lipinski definition) is 3. The Morgan fingerprint density at radius 2 is 1.83 bits per heavy atom. The number of alkyl halides is 3. The highest BCUT2D eigenvalue weighted by Gasteiger charge is 2.38. The Balaban J connectivity index is 1.52. The van der Waals surface area contributed by atoms with Crippen molar-refractivity contribution in [2.75, 3.05) is 26.2 Å². The summed E-state index contributed by atoms with van der Waals surface area (Å²) in [5, 5.41) is 3.39. The summed E-state index contributed by atoms with van der Waals surface area (Å²) >= 11 is 0. The fraction of sp³-hybridized carbons (Fsp3) is 0.588. The van der Waals surface area contributed by atoms with Gasteiger partial charge in [-0.3, -0.25) is 4.79 Å². The number of ether oxygens (including phenoxy) is 1. The fourth-order valence-electron chi connectivity index (χ4n) is 3.55. The third-order valence-corrected chi connectivity index (χ3v) is 5.02. The highest BCUT2D eigenvalue weighted by atomic mass is 19.4. The first-order valence-corrected chi connectivity index (χ1v) is 8.19. The number of piperidine rings is 1. The molecule has 24 heavy (non-hydrogen) atoms. The highest BCUT2D eigenvalue weighted by Crippen LogP contribution is 2.37. The van der Waals surface area contributed by atoms with Gasteiger partial charge >= 0.3 is 6.36 Å². The molecule has 2 aliphatic rings. The van der Waals surface area contributed by atoms with E-state index in [0.717, 1.165) is 39.0 Å². The van der Waals surface area contributed by atoms with Gasteiger partial charge in [-0.1, -0.05) is 12.1 Å². The van der Waals surface area contributed by atoms with Crippen molar-refractivity contribution >= 4 is 5.91 Å². The van der Waals surface area contributed by atoms with Gasteiger partial charge in [0.2, 0.25) is 5.91 Å². The summed E-state index contributed by atoms with van der Waals surface area (Å²) in [5.74, 6) is -0.243. The van der Waals surface area contributed by atoms with Gasteiger partial charge in [0, 0.05) is 19.6 Å². The van der Waals surface area contributed by atoms with Crippen LogP contribution >= 0.6 is 0 Å². The SMILES string of the molecule is O=C(Cc1ccc(OC(F)(F)F)cc1)N1CCC2(CCNC2)CC1. The molecule has 7 heteroatoms. The highest BCUT2D eigenvalue weighted by molar-refractivity contribution is 5.78. The predicted octanol–water partition coefficient (Wildman–Crippen LogP) is 2.73. The minimum Gasteiger partial charge on any atom is -0.406 e. The third kappa shape index (κ3) is 4.20. The van der Waals surface area contributed by atoms with E-state index < -0.39 is 6.36 Å². The first-order valence-electron chi connectivity index (χ1n) is 8.19. The molecule has 0 aliphatic carbocycles. The van der Waals surface area contributed by atoms with E-state index in [1.54, 1.807) is 0 Å². The molecule has 2 fully saturated rings. The zero-order valence-corrected chi connectivity index (χ0v) is 13.4. The molecule has 2 heterocycles. The number of likely N-dealkylation sites (tertiary alicyclic amines) is 1. The van der Waals surface area contributed by atoms with Gasteiger partial charge in [0.1, 0.15) is 5.75 Å². The van der Waals surface area contributed by atoms with E-state index in [0.29, 0.717) is 11.0 Å². The Morgan fingerprint density at radius 1 is 1.17 bits per heavy atom. The van der Waals surface area contributed by atoms with E-state index in [-0.39, 0.29) is 18.1 Å². The van der Waals surface area contributed by atoms with Crippen molar-refractivity contribution in [2.45, 2.75) is 32.0 Å². The molecule has 2 aliphatic heterocycles. The van der Waals surface area contributed by atoms with Gasteiger partial charge in [0.05, 0.1) is 6.42 Å². The molecule has 1 N–H and O–H groups in total. The first kappa shape index (κ1) is 17.1. The molecular formula is C17H21F3N2O2. The van der Waals surface area contributed by atoms with Crippen molar-refractivity contribution in [1.29, 1.82) is 0 Å². The number of benzene rings is 1. The molecule has 0 saturated carbocycles. The molecule has 2 saturated heterocycles. The van der Waals surface area contributed by atoms with Crippen LogP contribution in [0.25, 0.3) is 0 Å². The zero-order chi connectivity index (χ0) is 17.2. The Bertz CT molecular complexity index is 570. The van der Waals surface area contributed by atoms with Gasteiger partial charge in [0.15, 0.2) is 0 Å². The molecule has 4 nitrogen and oxygen atoms in total. The minimum atomic E-state index is -4.70. The molecule has 1 aromatic rings. The summed E-state index contributed by atoms with van der Waals surface area (Å²) in [6.45, 7) is 3.61. The van der Waals surface area contributed by atoms with Crippen molar-refractivity contribution in [3.05, 3.63) is 29.8 Å². The number of amides is 1. The maximum Gasteiger partial charge on any atom is 0.573 e. The van der Waals surface area contributed by atoms with Crippen LogP contribution in [0.3, 0.4) is 0 Å². The summed E-state index contributed by atoms with van der Waals surface area (Å²) in [6, 6.07) is 5.49. The Kier molecular flexibility index (Phi) is 4.71. The van der Waals surface area contributed by atoms with E-state index in [1.165, 1.54) is 30.7 Å². The van der Waals surface area contributed by atoms with Gasteiger partial charge in [-0.15, -0.1) is 13.2 Å². The average molecular weight is 342 g/mol. The lowest BCUT2D eigenvalue weighted by molar-refractivity contribution is -0.274. The fourth-order valence-corrected chi connectivity index (χ4v) is 3.55. The molecule has 1 amide bonds. The van der Waals surface area contributed by atoms with Crippen LogP contribution in [0, 0.1) is 5.41 Å². The maximum atomic E-state index is 12.4. The quantitative estimate of drug-likeness (QED) is 0.918. The van der Waals surface area contributed by atoms with Crippen LogP contribution in [-0.2, 0) is 11.2 Å². The monoisotopic (exact) mass is 342 g/mol. The normalized spacial score (nSPS) is 20.4. The molecule has 0 radical (unpaired) electrons. The largest absolute Gasteiger partial charge is 0.573 e. The van der Waals surface area contributed by atoms with Crippen LogP contribution in [0.1, 0.15) is 24.8 Å². The smallest absolute Gasteiger partial charge is 0.406 e. The predicted molar refractivity (Wildman–Crippen MR) is 82.6 cm³/mol. The molecule has 1 aromatic carbocycles. The van der Waals surface area contributed by atoms with Crippen molar-refractivity contribution in [2.24, 2.45) is 5.41 Å². The number of rotatable bonds is 3. The minimum absolute atomic E-state index is 0.0281. The van der Waals surface area contributed by atoms with E-state index >= 15 is 0 Å². The summed E-state index contributed by atoms with van der Waals surface area (Å²) in [5.41, 5.74) is 1.05. The topological polar surface area (TPSA) is 41.6 Å². The molecule has 0 unspecified atom stereocenters. The van der Waals surface area contributed by atoms with Gasteiger partial charge in [0.25, 0.3) is 0 Å². The molecule has 3 rings (SSSR count). The van der Waals surface area contributed by atoms with Gasteiger partial charge in [-0.05, 0) is 48.9 Å². The summed E-state index contributed by atoms with van der Waals surface area (Å²) in [4.78, 5) is 14.2. The van der Waals surface area contributed by atoms with Crippen molar-refractivity contribution in [3.8, 4) is 5.75 Å². The van der Waals surface area contributed by atoms with Gasteiger partial charge in [-0.2, -0.15) is 0 Å². The van der Waals surface area contributed by atoms with Crippen LogP contribution in [-0.4, -0.2) is 43.3 Å². The molecule has 0 aromatic heterocycles. The Morgan fingerprint density at radius 3 is 2.38 bits per heavy atom. The third-order valence-electron chi connectivity index (χ3n) is 5.02. The van der Waals surface area contributed by atoms with Crippen LogP contribution in [0.15, 0.2) is 24.3 Å². The standard InChI is InChI=1S/C17H21F3N2O2/c18-17(19,20)24-14-3-1-13(2-4-14)11-15(23)22-9-6-16(7-10-22)5-8-21-12-16/h1-4,21H,5-12H2. The van der Waals surface area contributed by atoms with Gasteiger partial charge in [-0.25, -0.2) is 0 Å². The molecule has 1 spiro atoms. The second-order valence-electron chi connectivity index (χ2n) is 6.68. The summed E-state index contributed by atoms with van der Waals surface area (Å²) in [7, 11) is 0. The Labute approximate surface area is 139 Å². The van der Waals surface area contributed by atoms with Gasteiger partial charge < -0.3 is 15.0 Å². The average Bonchev–Trinajstić information content (AvgIpc) is 2.97. The number of carbonyl (C=O) groups is 1. The van der Waals surface area contributed by atoms with Crippen molar-refractivity contribution < 1.29 is 22.7 Å². The first-order chi connectivity index (χ1) is 11.4. The maximum absolute atomic E-state index is 12.4. The zero-order valence-electron chi connectivity index (χ0n) is 13.4. The van der Waals surface area contributed by atoms with Crippen LogP contribution < -0.4 is 10.1 Å². The lowest BCUT2D eigenvalue weighted by Gasteiger charge is -2.39. The van der Waals surface area contributed by atoms with Crippen molar-refractivity contribution in [3.63, 3.8) is 0 Å². The van der Waals surface area contributed by atoms with E-state index in [2.05, 4.69) is 10.1 Å². The summed E-state index contributed by atoms with van der Waals surface area (Å²) < 4.78 is 40.2. The number of hydrogen-bond donors (Lipinski definition) is 1. The van der Waals surface area contributed by atoms with E-state index in [4.69, 9.17) is 0 Å². The second-order valence-corrected chi connectivity index (χ2v) is 6.68. The van der Waals surface area contributed by atoms with E-state index in [1.807, 2.05) is 4.90 Å². The molecule has 0 bridgehead atoms. The second kappa shape index (κ2) is 6.63. The number of halogens is 3. The summed E-state index contributed by atoms with van der Waals surface area (Å²) in [6.07, 6.45) is -1.28. The lowest BCUT2D eigenvalue weighted by Crippen LogP contribution is -2.44.